The lowest BCUT2D eigenvalue weighted by molar-refractivity contribution is -0.136. The minimum Gasteiger partial charge on any atom is -0.482 e. The lowest BCUT2D eigenvalue weighted by Crippen LogP contribution is -2.06. The molecule has 1 aromatic rings. The van der Waals surface area contributed by atoms with Crippen LogP contribution in [0.1, 0.15) is 19.4 Å². The van der Waals surface area contributed by atoms with Crippen molar-refractivity contribution >= 4 is 5.97 Å². The second-order valence-electron chi connectivity index (χ2n) is 3.85. The molecule has 0 radical (unpaired) electrons. The third-order valence-electron chi connectivity index (χ3n) is 1.93. The van der Waals surface area contributed by atoms with Crippen molar-refractivity contribution < 1.29 is 14.6 Å². The van der Waals surface area contributed by atoms with Gasteiger partial charge in [0.25, 0.3) is 0 Å². The van der Waals surface area contributed by atoms with Crippen LogP contribution in [0, 0.1) is 5.92 Å². The fraction of sp³-hybridized carbons (Fsp3) is 0.308. The zero-order chi connectivity index (χ0) is 12.0. The lowest BCUT2D eigenvalue weighted by atomic mass is 10.2. The van der Waals surface area contributed by atoms with E-state index in [0.29, 0.717) is 0 Å². The monoisotopic (exact) mass is 220 g/mol. The highest BCUT2D eigenvalue weighted by Crippen LogP contribution is 2.09. The molecule has 3 nitrogen and oxygen atoms in total. The van der Waals surface area contributed by atoms with Crippen LogP contribution in [-0.2, 0) is 16.1 Å². The smallest absolute Gasteiger partial charge is 0.370 e. The van der Waals surface area contributed by atoms with Gasteiger partial charge in [0.2, 0.25) is 5.76 Å². The third kappa shape index (κ3) is 4.17. The summed E-state index contributed by atoms with van der Waals surface area (Å²) in [6.07, 6.45) is 1.60. The molecule has 86 valence electrons. The van der Waals surface area contributed by atoms with Crippen LogP contribution in [0.3, 0.4) is 0 Å². The first-order chi connectivity index (χ1) is 7.59. The van der Waals surface area contributed by atoms with E-state index in [9.17, 15) is 4.79 Å². The molecule has 1 N–H and O–H groups in total. The highest BCUT2D eigenvalue weighted by molar-refractivity contribution is 5.84. The molecular formula is C13H16O3. The maximum Gasteiger partial charge on any atom is 0.370 e. The summed E-state index contributed by atoms with van der Waals surface area (Å²) in [6.45, 7) is 4.11. The SMILES string of the molecule is CC(C)C=C(OCc1ccccc1)C(=O)O. The Labute approximate surface area is 95.4 Å². The summed E-state index contributed by atoms with van der Waals surface area (Å²) in [5.41, 5.74) is 0.957. The van der Waals surface area contributed by atoms with Crippen LogP contribution in [0.15, 0.2) is 42.2 Å². The van der Waals surface area contributed by atoms with Crippen LogP contribution in [0.25, 0.3) is 0 Å². The Hall–Kier alpha value is -1.77. The fourth-order valence-corrected chi connectivity index (χ4v) is 1.22. The predicted octanol–water partition coefficient (Wildman–Crippen LogP) is 2.83. The van der Waals surface area contributed by atoms with Gasteiger partial charge in [0.05, 0.1) is 0 Å². The number of benzene rings is 1. The van der Waals surface area contributed by atoms with Crippen molar-refractivity contribution in [3.63, 3.8) is 0 Å². The Morgan fingerprint density at radius 2 is 2.00 bits per heavy atom. The zero-order valence-corrected chi connectivity index (χ0v) is 9.51. The number of aliphatic carboxylic acids is 1. The molecular weight excluding hydrogens is 204 g/mol. The van der Waals surface area contributed by atoms with E-state index in [1.807, 2.05) is 44.2 Å². The maximum absolute atomic E-state index is 10.9. The van der Waals surface area contributed by atoms with Crippen LogP contribution in [-0.4, -0.2) is 11.1 Å². The van der Waals surface area contributed by atoms with Gasteiger partial charge >= 0.3 is 5.97 Å². The lowest BCUT2D eigenvalue weighted by Gasteiger charge is -2.07. The summed E-state index contributed by atoms with van der Waals surface area (Å²) in [5.74, 6) is -0.856. The van der Waals surface area contributed by atoms with E-state index in [1.54, 1.807) is 6.08 Å². The topological polar surface area (TPSA) is 46.5 Å². The van der Waals surface area contributed by atoms with Gasteiger partial charge in [-0.25, -0.2) is 4.79 Å². The molecule has 0 bridgehead atoms. The van der Waals surface area contributed by atoms with E-state index in [2.05, 4.69) is 0 Å². The molecule has 0 saturated heterocycles. The van der Waals surface area contributed by atoms with E-state index >= 15 is 0 Å². The van der Waals surface area contributed by atoms with E-state index in [0.717, 1.165) is 5.56 Å². The number of allylic oxidation sites excluding steroid dienone is 1. The molecule has 1 rings (SSSR count). The van der Waals surface area contributed by atoms with Gasteiger partial charge in [0, 0.05) is 0 Å². The molecule has 0 aliphatic heterocycles. The quantitative estimate of drug-likeness (QED) is 0.613. The summed E-state index contributed by atoms with van der Waals surface area (Å²) in [7, 11) is 0. The number of ether oxygens (including phenoxy) is 1. The van der Waals surface area contributed by atoms with Crippen LogP contribution in [0.2, 0.25) is 0 Å². The van der Waals surface area contributed by atoms with E-state index in [4.69, 9.17) is 9.84 Å². The van der Waals surface area contributed by atoms with Gasteiger partial charge in [-0.1, -0.05) is 44.2 Å². The number of carboxylic acids is 1. The van der Waals surface area contributed by atoms with Gasteiger partial charge in [0.1, 0.15) is 6.61 Å². The third-order valence-corrected chi connectivity index (χ3v) is 1.93. The van der Waals surface area contributed by atoms with E-state index in [-0.39, 0.29) is 18.3 Å². The highest BCUT2D eigenvalue weighted by Gasteiger charge is 2.09. The number of rotatable bonds is 5. The summed E-state index contributed by atoms with van der Waals surface area (Å²) in [6, 6.07) is 9.49. The molecule has 0 unspecified atom stereocenters. The molecule has 0 atom stereocenters. The Morgan fingerprint density at radius 1 is 1.38 bits per heavy atom. The van der Waals surface area contributed by atoms with Gasteiger partial charge in [0.15, 0.2) is 0 Å². The van der Waals surface area contributed by atoms with Crippen LogP contribution in [0.5, 0.6) is 0 Å². The van der Waals surface area contributed by atoms with Crippen molar-refractivity contribution in [1.82, 2.24) is 0 Å². The first-order valence-electron chi connectivity index (χ1n) is 5.21. The molecule has 0 fully saturated rings. The summed E-state index contributed by atoms with van der Waals surface area (Å²) < 4.78 is 5.26. The molecule has 0 saturated carbocycles. The van der Waals surface area contributed by atoms with E-state index < -0.39 is 5.97 Å². The standard InChI is InChI=1S/C13H16O3/c1-10(2)8-12(13(14)15)16-9-11-6-4-3-5-7-11/h3-8,10H,9H2,1-2H3,(H,14,15). The molecule has 16 heavy (non-hydrogen) atoms. The van der Waals surface area contributed by atoms with Crippen molar-refractivity contribution in [3.8, 4) is 0 Å². The largest absolute Gasteiger partial charge is 0.482 e. The van der Waals surface area contributed by atoms with Crippen molar-refractivity contribution in [2.75, 3.05) is 0 Å². The molecule has 0 spiro atoms. The second-order valence-corrected chi connectivity index (χ2v) is 3.85. The number of hydrogen-bond acceptors (Lipinski definition) is 2. The number of carbonyl (C=O) groups is 1. The fourth-order valence-electron chi connectivity index (χ4n) is 1.22. The summed E-state index contributed by atoms with van der Waals surface area (Å²) in [4.78, 5) is 10.9. The van der Waals surface area contributed by atoms with Crippen LogP contribution >= 0.6 is 0 Å². The van der Waals surface area contributed by atoms with Crippen molar-refractivity contribution in [2.45, 2.75) is 20.5 Å². The Morgan fingerprint density at radius 3 is 2.50 bits per heavy atom. The average molecular weight is 220 g/mol. The van der Waals surface area contributed by atoms with Gasteiger partial charge in [-0.05, 0) is 17.6 Å². The minimum atomic E-state index is -1.02. The first-order valence-corrected chi connectivity index (χ1v) is 5.21. The number of hydrogen-bond donors (Lipinski definition) is 1. The van der Waals surface area contributed by atoms with Crippen LogP contribution in [0.4, 0.5) is 0 Å². The van der Waals surface area contributed by atoms with Gasteiger partial charge < -0.3 is 9.84 Å². The van der Waals surface area contributed by atoms with Gasteiger partial charge in [-0.3, -0.25) is 0 Å². The molecule has 1 aromatic carbocycles. The summed E-state index contributed by atoms with van der Waals surface area (Å²) in [5, 5.41) is 8.91. The van der Waals surface area contributed by atoms with Crippen molar-refractivity contribution in [1.29, 1.82) is 0 Å². The predicted molar refractivity (Wildman–Crippen MR) is 61.8 cm³/mol. The highest BCUT2D eigenvalue weighted by atomic mass is 16.5. The van der Waals surface area contributed by atoms with Crippen molar-refractivity contribution in [2.24, 2.45) is 5.92 Å². The summed E-state index contributed by atoms with van der Waals surface area (Å²) >= 11 is 0. The number of carboxylic acid groups (broad SMARTS) is 1. The average Bonchev–Trinajstić information content (AvgIpc) is 2.25. The minimum absolute atomic E-state index is 0.0128. The van der Waals surface area contributed by atoms with E-state index in [1.165, 1.54) is 0 Å². The molecule has 0 aromatic heterocycles. The Balaban J connectivity index is 2.61. The van der Waals surface area contributed by atoms with Crippen molar-refractivity contribution in [3.05, 3.63) is 47.7 Å². The second kappa shape index (κ2) is 5.95. The normalized spacial score (nSPS) is 11.6. The molecule has 3 heteroatoms. The van der Waals surface area contributed by atoms with Gasteiger partial charge in [-0.2, -0.15) is 0 Å². The molecule has 0 amide bonds. The first kappa shape index (κ1) is 12.3. The molecule has 0 aliphatic carbocycles. The Kier molecular flexibility index (Phi) is 4.58. The molecule has 0 aliphatic rings. The maximum atomic E-state index is 10.9. The van der Waals surface area contributed by atoms with Crippen LogP contribution < -0.4 is 0 Å². The Bertz CT molecular complexity index is 366. The zero-order valence-electron chi connectivity index (χ0n) is 9.51. The molecule has 0 heterocycles. The van der Waals surface area contributed by atoms with Gasteiger partial charge in [-0.15, -0.1) is 0 Å².